The molecule has 2 aliphatic rings. The summed E-state index contributed by atoms with van der Waals surface area (Å²) in [5, 5.41) is 0.469. The summed E-state index contributed by atoms with van der Waals surface area (Å²) in [5.41, 5.74) is 6.63. The minimum absolute atomic E-state index is 0. The molecule has 0 spiro atoms. The van der Waals surface area contributed by atoms with E-state index in [-0.39, 0.29) is 47.9 Å². The van der Waals surface area contributed by atoms with Crippen LogP contribution in [0.1, 0.15) is 24.8 Å². The Bertz CT molecular complexity index is 551. The Kier molecular flexibility index (Phi) is 5.90. The van der Waals surface area contributed by atoms with Gasteiger partial charge in [-0.3, -0.25) is 0 Å². The number of hydrogen-bond acceptors (Lipinski definition) is 2. The summed E-state index contributed by atoms with van der Waals surface area (Å²) in [6.07, 6.45) is 0.949. The second-order valence-corrected chi connectivity index (χ2v) is 6.07. The Labute approximate surface area is 151 Å². The molecule has 1 aliphatic heterocycles. The quantitative estimate of drug-likeness (QED) is 0.438. The zero-order valence-electron chi connectivity index (χ0n) is 12.3. The number of ether oxygens (including phenoxy) is 1. The zero-order chi connectivity index (χ0) is 15.0. The maximum Gasteiger partial charge on any atom is 0.191 e. The molecule has 1 unspecified atom stereocenters. The molecule has 2 fully saturated rings. The van der Waals surface area contributed by atoms with Crippen molar-refractivity contribution in [2.24, 2.45) is 10.7 Å². The first-order valence-corrected chi connectivity index (χ1v) is 7.57. The smallest absolute Gasteiger partial charge is 0.191 e. The van der Waals surface area contributed by atoms with Crippen molar-refractivity contribution in [2.75, 3.05) is 19.7 Å². The van der Waals surface area contributed by atoms with Gasteiger partial charge in [0.1, 0.15) is 5.82 Å². The summed E-state index contributed by atoms with van der Waals surface area (Å²) in [7, 11) is 0. The molecule has 2 N–H and O–H groups in total. The van der Waals surface area contributed by atoms with Gasteiger partial charge in [0.2, 0.25) is 0 Å². The first kappa shape index (κ1) is 17.7. The highest BCUT2D eigenvalue weighted by Crippen LogP contribution is 2.47. The van der Waals surface area contributed by atoms with Crippen LogP contribution in [0.5, 0.6) is 0 Å². The third-order valence-corrected chi connectivity index (χ3v) is 4.32. The molecular weight excluding hydrogens is 420 g/mol. The standard InChI is InChI=1S/C15H19ClFN3O.HI/c1-9-8-20(5-6-21-9)15(18)19-13-7-10(13)14-11(16)3-2-4-12(14)17;/h2-4,9-10,13H,5-8H2,1H3,(H2,18,19);1H/t9?,10-,13-;/m1./s1. The van der Waals surface area contributed by atoms with Gasteiger partial charge in [0.05, 0.1) is 18.8 Å². The van der Waals surface area contributed by atoms with Crippen LogP contribution >= 0.6 is 35.6 Å². The molecule has 1 aliphatic carbocycles. The summed E-state index contributed by atoms with van der Waals surface area (Å²) in [5.74, 6) is 0.296. The molecule has 3 atom stereocenters. The Morgan fingerprint density at radius 2 is 2.27 bits per heavy atom. The van der Waals surface area contributed by atoms with E-state index in [1.165, 1.54) is 6.07 Å². The maximum absolute atomic E-state index is 13.9. The Morgan fingerprint density at radius 3 is 2.95 bits per heavy atom. The largest absolute Gasteiger partial charge is 0.375 e. The minimum Gasteiger partial charge on any atom is -0.375 e. The van der Waals surface area contributed by atoms with E-state index in [1.807, 2.05) is 11.8 Å². The van der Waals surface area contributed by atoms with Gasteiger partial charge in [-0.2, -0.15) is 0 Å². The van der Waals surface area contributed by atoms with Gasteiger partial charge in [-0.05, 0) is 25.5 Å². The molecule has 1 aromatic carbocycles. The van der Waals surface area contributed by atoms with Crippen LogP contribution in [0, 0.1) is 5.82 Å². The molecule has 7 heteroatoms. The molecule has 1 aromatic rings. The van der Waals surface area contributed by atoms with Crippen LogP contribution in [0.4, 0.5) is 4.39 Å². The molecular formula is C15H20ClFIN3O. The van der Waals surface area contributed by atoms with Crippen molar-refractivity contribution in [1.82, 2.24) is 4.90 Å². The topological polar surface area (TPSA) is 50.8 Å². The fraction of sp³-hybridized carbons (Fsp3) is 0.533. The third-order valence-electron chi connectivity index (χ3n) is 3.99. The molecule has 0 radical (unpaired) electrons. The number of morpholine rings is 1. The van der Waals surface area contributed by atoms with Gasteiger partial charge in [-0.15, -0.1) is 24.0 Å². The lowest BCUT2D eigenvalue weighted by Gasteiger charge is -2.31. The van der Waals surface area contributed by atoms with Gasteiger partial charge in [0.15, 0.2) is 5.96 Å². The van der Waals surface area contributed by atoms with Crippen LogP contribution in [-0.4, -0.2) is 42.7 Å². The summed E-state index contributed by atoms with van der Waals surface area (Å²) in [6, 6.07) is 4.79. The molecule has 122 valence electrons. The molecule has 1 saturated heterocycles. The minimum atomic E-state index is -0.260. The number of nitrogens with zero attached hydrogens (tertiary/aromatic N) is 2. The van der Waals surface area contributed by atoms with E-state index in [0.29, 0.717) is 23.2 Å². The number of nitrogens with two attached hydrogens (primary N) is 1. The lowest BCUT2D eigenvalue weighted by molar-refractivity contribution is 0.00528. The normalized spacial score (nSPS) is 28.2. The maximum atomic E-state index is 13.9. The Morgan fingerprint density at radius 1 is 1.50 bits per heavy atom. The molecule has 0 amide bonds. The summed E-state index contributed by atoms with van der Waals surface area (Å²) in [6.45, 7) is 4.16. The van der Waals surface area contributed by atoms with E-state index in [9.17, 15) is 4.39 Å². The highest BCUT2D eigenvalue weighted by molar-refractivity contribution is 14.0. The van der Waals surface area contributed by atoms with Gasteiger partial charge in [-0.25, -0.2) is 9.38 Å². The van der Waals surface area contributed by atoms with Gasteiger partial charge in [-0.1, -0.05) is 17.7 Å². The molecule has 1 heterocycles. The van der Waals surface area contributed by atoms with Crippen molar-refractivity contribution >= 4 is 41.5 Å². The predicted octanol–water partition coefficient (Wildman–Crippen LogP) is 2.99. The zero-order valence-corrected chi connectivity index (χ0v) is 15.4. The van der Waals surface area contributed by atoms with Crippen LogP contribution in [0.3, 0.4) is 0 Å². The van der Waals surface area contributed by atoms with Crippen LogP contribution in [0.15, 0.2) is 23.2 Å². The third kappa shape index (κ3) is 3.83. The van der Waals surface area contributed by atoms with Crippen LogP contribution in [-0.2, 0) is 4.74 Å². The summed E-state index contributed by atoms with van der Waals surface area (Å²) < 4.78 is 19.3. The van der Waals surface area contributed by atoms with Crippen molar-refractivity contribution in [3.8, 4) is 0 Å². The van der Waals surface area contributed by atoms with Crippen molar-refractivity contribution in [3.05, 3.63) is 34.6 Å². The lowest BCUT2D eigenvalue weighted by atomic mass is 10.1. The first-order valence-electron chi connectivity index (χ1n) is 7.20. The van der Waals surface area contributed by atoms with Crippen molar-refractivity contribution < 1.29 is 9.13 Å². The van der Waals surface area contributed by atoms with Crippen LogP contribution in [0.25, 0.3) is 0 Å². The van der Waals surface area contributed by atoms with Gasteiger partial charge >= 0.3 is 0 Å². The van der Waals surface area contributed by atoms with Gasteiger partial charge < -0.3 is 15.4 Å². The lowest BCUT2D eigenvalue weighted by Crippen LogP contribution is -2.48. The van der Waals surface area contributed by atoms with E-state index in [0.717, 1.165) is 19.5 Å². The summed E-state index contributed by atoms with van der Waals surface area (Å²) >= 11 is 6.09. The van der Waals surface area contributed by atoms with Crippen molar-refractivity contribution in [2.45, 2.75) is 31.4 Å². The molecule has 0 aromatic heterocycles. The van der Waals surface area contributed by atoms with Crippen LogP contribution in [0.2, 0.25) is 5.02 Å². The van der Waals surface area contributed by atoms with Crippen molar-refractivity contribution in [1.29, 1.82) is 0 Å². The number of rotatable bonds is 2. The molecule has 3 rings (SSSR count). The first-order chi connectivity index (χ1) is 10.1. The highest BCUT2D eigenvalue weighted by Gasteiger charge is 2.42. The Hall–Kier alpha value is -0.600. The fourth-order valence-electron chi connectivity index (χ4n) is 2.78. The van der Waals surface area contributed by atoms with E-state index in [1.54, 1.807) is 12.1 Å². The van der Waals surface area contributed by atoms with E-state index >= 15 is 0 Å². The average molecular weight is 440 g/mol. The van der Waals surface area contributed by atoms with Crippen LogP contribution < -0.4 is 5.73 Å². The SMILES string of the molecule is CC1CN(C(N)=N[C@@H]2C[C@H]2c2c(F)cccc2Cl)CCO1.I. The number of guanidine groups is 1. The van der Waals surface area contributed by atoms with E-state index < -0.39 is 0 Å². The molecule has 1 saturated carbocycles. The average Bonchev–Trinajstić information content (AvgIpc) is 3.17. The number of benzene rings is 1. The molecule has 0 bridgehead atoms. The second-order valence-electron chi connectivity index (χ2n) is 5.66. The summed E-state index contributed by atoms with van der Waals surface area (Å²) in [4.78, 5) is 6.55. The van der Waals surface area contributed by atoms with Gasteiger partial charge in [0, 0.05) is 29.6 Å². The highest BCUT2D eigenvalue weighted by atomic mass is 127. The molecule has 4 nitrogen and oxygen atoms in total. The predicted molar refractivity (Wildman–Crippen MR) is 96.6 cm³/mol. The Balaban J connectivity index is 0.00000176. The number of halogens is 3. The van der Waals surface area contributed by atoms with E-state index in [2.05, 4.69) is 4.99 Å². The number of aliphatic imine (C=N–C) groups is 1. The fourth-order valence-corrected chi connectivity index (χ4v) is 3.08. The van der Waals surface area contributed by atoms with Gasteiger partial charge in [0.25, 0.3) is 0 Å². The number of hydrogen-bond donors (Lipinski definition) is 1. The second kappa shape index (κ2) is 7.31. The van der Waals surface area contributed by atoms with E-state index in [4.69, 9.17) is 22.1 Å². The molecule has 22 heavy (non-hydrogen) atoms. The monoisotopic (exact) mass is 439 g/mol. The van der Waals surface area contributed by atoms with Crippen molar-refractivity contribution in [3.63, 3.8) is 0 Å².